The molecule has 1 aliphatic carbocycles. The molecule has 0 saturated carbocycles. The summed E-state index contributed by atoms with van der Waals surface area (Å²) in [6, 6.07) is 14.5. The molecule has 5 rings (SSSR count). The van der Waals surface area contributed by atoms with Gasteiger partial charge in [0, 0.05) is 34.5 Å². The van der Waals surface area contributed by atoms with Crippen molar-refractivity contribution in [2.75, 3.05) is 5.32 Å². The van der Waals surface area contributed by atoms with Crippen molar-refractivity contribution in [1.82, 2.24) is 5.32 Å². The number of pyridine rings is 1. The minimum absolute atomic E-state index is 0.0312. The number of ether oxygens (including phenoxy) is 1. The van der Waals surface area contributed by atoms with Gasteiger partial charge in [0.25, 0.3) is 5.82 Å². The van der Waals surface area contributed by atoms with E-state index < -0.39 is 5.92 Å². The number of H-pyrrole nitrogens is 1. The number of aryl methyl sites for hydroxylation is 1. The number of dihydropyridines is 1. The van der Waals surface area contributed by atoms with Crippen LogP contribution in [0, 0.1) is 6.92 Å². The van der Waals surface area contributed by atoms with E-state index in [0.29, 0.717) is 51.4 Å². The van der Waals surface area contributed by atoms with Crippen molar-refractivity contribution in [3.8, 4) is 5.75 Å². The van der Waals surface area contributed by atoms with Crippen LogP contribution in [0.15, 0.2) is 81.7 Å². The summed E-state index contributed by atoms with van der Waals surface area (Å²) >= 11 is 6.11. The largest absolute Gasteiger partial charge is 0.486 e. The van der Waals surface area contributed by atoms with Crippen molar-refractivity contribution in [3.63, 3.8) is 0 Å². The fourth-order valence-corrected chi connectivity index (χ4v) is 4.84. The molecule has 1 aliphatic heterocycles. The molecule has 184 valence electrons. The van der Waals surface area contributed by atoms with Gasteiger partial charge in [-0.3, -0.25) is 4.79 Å². The minimum atomic E-state index is -0.607. The summed E-state index contributed by atoms with van der Waals surface area (Å²) in [5.41, 5.74) is 3.54. The van der Waals surface area contributed by atoms with Gasteiger partial charge in [-0.1, -0.05) is 17.7 Å². The highest BCUT2D eigenvalue weighted by Gasteiger charge is 2.41. The van der Waals surface area contributed by atoms with Crippen LogP contribution in [-0.2, 0) is 16.2 Å². The second-order valence-electron chi connectivity index (χ2n) is 9.00. The Morgan fingerprint density at radius 3 is 2.83 bits per heavy atom. The van der Waals surface area contributed by atoms with Crippen molar-refractivity contribution >= 4 is 29.1 Å². The average Bonchev–Trinajstić information content (AvgIpc) is 3.33. The zero-order valence-corrected chi connectivity index (χ0v) is 20.9. The van der Waals surface area contributed by atoms with Gasteiger partial charge in [0.15, 0.2) is 5.78 Å². The summed E-state index contributed by atoms with van der Waals surface area (Å²) < 4.78 is 12.1. The van der Waals surface area contributed by atoms with Crippen LogP contribution in [0.5, 0.6) is 5.75 Å². The van der Waals surface area contributed by atoms with Crippen LogP contribution in [0.1, 0.15) is 49.2 Å². The third-order valence-corrected chi connectivity index (χ3v) is 6.88. The van der Waals surface area contributed by atoms with Crippen LogP contribution in [0.25, 0.3) is 0 Å². The number of allylic oxidation sites excluding steroid dienone is 3. The molecule has 1 amide bonds. The van der Waals surface area contributed by atoms with E-state index in [0.717, 1.165) is 24.1 Å². The molecule has 1 atom stereocenters. The van der Waals surface area contributed by atoms with Gasteiger partial charge in [-0.15, -0.1) is 0 Å². The molecule has 3 aromatic rings. The smallest absolute Gasteiger partial charge is 0.337 e. The number of halogens is 1. The van der Waals surface area contributed by atoms with Gasteiger partial charge in [0.1, 0.15) is 23.9 Å². The number of aromatic amines is 1. The predicted molar refractivity (Wildman–Crippen MR) is 135 cm³/mol. The SMILES string of the molecule is CC1=C(C(=O)Nc2cccc[nH+]2)C(c2ccc(COc3ccc(Cl)c(C)c3)o2)C2=C(CCCC2=O)N1. The molecular formula is C28H27ClN3O4+. The number of nitrogens with one attached hydrogen (secondary N) is 3. The van der Waals surface area contributed by atoms with Crippen LogP contribution < -0.4 is 20.4 Å². The number of benzene rings is 1. The van der Waals surface area contributed by atoms with Gasteiger partial charge < -0.3 is 14.5 Å². The van der Waals surface area contributed by atoms with Crippen LogP contribution in [0.4, 0.5) is 5.82 Å². The molecule has 0 radical (unpaired) electrons. The van der Waals surface area contributed by atoms with E-state index in [4.69, 9.17) is 20.8 Å². The summed E-state index contributed by atoms with van der Waals surface area (Å²) in [4.78, 5) is 29.6. The lowest BCUT2D eigenvalue weighted by molar-refractivity contribution is -0.360. The summed E-state index contributed by atoms with van der Waals surface area (Å²) in [6.07, 6.45) is 3.72. The Kier molecular flexibility index (Phi) is 6.65. The molecule has 3 N–H and O–H groups in total. The molecule has 1 unspecified atom stereocenters. The fourth-order valence-electron chi connectivity index (χ4n) is 4.72. The first-order valence-corrected chi connectivity index (χ1v) is 12.3. The van der Waals surface area contributed by atoms with Crippen LogP contribution in [-0.4, -0.2) is 11.7 Å². The van der Waals surface area contributed by atoms with Crippen molar-refractivity contribution in [1.29, 1.82) is 0 Å². The molecule has 0 saturated heterocycles. The van der Waals surface area contributed by atoms with Gasteiger partial charge in [-0.25, -0.2) is 15.1 Å². The van der Waals surface area contributed by atoms with E-state index in [1.165, 1.54) is 0 Å². The number of furan rings is 1. The second kappa shape index (κ2) is 10.0. The van der Waals surface area contributed by atoms with Gasteiger partial charge in [0.05, 0.1) is 17.7 Å². The average molecular weight is 505 g/mol. The molecule has 7 nitrogen and oxygen atoms in total. The number of carbonyl (C=O) groups excluding carboxylic acids is 2. The first-order chi connectivity index (χ1) is 17.4. The summed E-state index contributed by atoms with van der Waals surface area (Å²) in [7, 11) is 0. The molecule has 8 heteroatoms. The summed E-state index contributed by atoms with van der Waals surface area (Å²) in [5.74, 6) is 1.49. The van der Waals surface area contributed by atoms with Crippen molar-refractivity contribution in [2.24, 2.45) is 0 Å². The number of hydrogen-bond donors (Lipinski definition) is 2. The number of anilines is 1. The molecule has 0 spiro atoms. The Morgan fingerprint density at radius 2 is 2.06 bits per heavy atom. The molecular weight excluding hydrogens is 478 g/mol. The molecule has 2 aliphatic rings. The van der Waals surface area contributed by atoms with Crippen molar-refractivity contribution < 1.29 is 23.7 Å². The number of Topliss-reactive ketones (excluding diaryl/α,β-unsaturated/α-hetero) is 1. The molecule has 1 aromatic carbocycles. The van der Waals surface area contributed by atoms with Gasteiger partial charge in [-0.05, 0) is 68.7 Å². The second-order valence-corrected chi connectivity index (χ2v) is 9.41. The van der Waals surface area contributed by atoms with Crippen LogP contribution in [0.3, 0.4) is 0 Å². The Balaban J connectivity index is 1.45. The highest BCUT2D eigenvalue weighted by Crippen LogP contribution is 2.43. The number of ketones is 1. The van der Waals surface area contributed by atoms with Crippen molar-refractivity contribution in [3.05, 3.63) is 99.4 Å². The normalized spacial score (nSPS) is 17.5. The fraction of sp³-hybridized carbons (Fsp3) is 0.250. The zero-order valence-electron chi connectivity index (χ0n) is 20.1. The minimum Gasteiger partial charge on any atom is -0.486 e. The Labute approximate surface area is 214 Å². The van der Waals surface area contributed by atoms with E-state index in [-0.39, 0.29) is 18.3 Å². The van der Waals surface area contributed by atoms with E-state index in [9.17, 15) is 9.59 Å². The number of rotatable bonds is 6. The Bertz CT molecular complexity index is 1390. The van der Waals surface area contributed by atoms with E-state index in [2.05, 4.69) is 15.6 Å². The van der Waals surface area contributed by atoms with Crippen LogP contribution in [0.2, 0.25) is 5.02 Å². The third kappa shape index (κ3) is 4.79. The first kappa shape index (κ1) is 23.9. The maximum atomic E-state index is 13.5. The first-order valence-electron chi connectivity index (χ1n) is 11.9. The van der Waals surface area contributed by atoms with Gasteiger partial charge >= 0.3 is 5.91 Å². The monoisotopic (exact) mass is 504 g/mol. The van der Waals surface area contributed by atoms with Gasteiger partial charge in [0.2, 0.25) is 0 Å². The number of carbonyl (C=O) groups is 2. The standard InChI is InChI=1S/C28H26ClN3O4/c1-16-14-18(9-11-20(16)29)35-15-19-10-12-23(36-19)27-25(28(34)32-24-8-3-4-13-30-24)17(2)31-21-6-5-7-22(33)26(21)27/h3-4,8-14,27,31H,5-7,15H2,1-2H3,(H,30,32,34)/p+1. The highest BCUT2D eigenvalue weighted by molar-refractivity contribution is 6.31. The maximum absolute atomic E-state index is 13.5. The predicted octanol–water partition coefficient (Wildman–Crippen LogP) is 5.24. The van der Waals surface area contributed by atoms with E-state index in [1.54, 1.807) is 24.4 Å². The molecule has 36 heavy (non-hydrogen) atoms. The topological polar surface area (TPSA) is 94.7 Å². The van der Waals surface area contributed by atoms with Crippen LogP contribution >= 0.6 is 11.6 Å². The molecule has 2 aromatic heterocycles. The van der Waals surface area contributed by atoms with E-state index >= 15 is 0 Å². The zero-order chi connectivity index (χ0) is 25.2. The molecule has 0 bridgehead atoms. The number of aromatic nitrogens is 1. The quantitative estimate of drug-likeness (QED) is 0.478. The summed E-state index contributed by atoms with van der Waals surface area (Å²) in [5, 5.41) is 6.91. The summed E-state index contributed by atoms with van der Waals surface area (Å²) in [6.45, 7) is 3.97. The lowest BCUT2D eigenvalue weighted by Gasteiger charge is -2.32. The van der Waals surface area contributed by atoms with E-state index in [1.807, 2.05) is 44.2 Å². The third-order valence-electron chi connectivity index (χ3n) is 6.46. The number of hydrogen-bond acceptors (Lipinski definition) is 5. The Hall–Kier alpha value is -3.84. The number of amides is 1. The highest BCUT2D eigenvalue weighted by atomic mass is 35.5. The molecule has 3 heterocycles. The van der Waals surface area contributed by atoms with Crippen molar-refractivity contribution in [2.45, 2.75) is 45.6 Å². The Morgan fingerprint density at radius 1 is 1.19 bits per heavy atom. The molecule has 0 fully saturated rings. The lowest BCUT2D eigenvalue weighted by atomic mass is 9.77. The lowest BCUT2D eigenvalue weighted by Crippen LogP contribution is -2.36. The van der Waals surface area contributed by atoms with Gasteiger partial charge in [-0.2, -0.15) is 0 Å². The maximum Gasteiger partial charge on any atom is 0.337 e.